The maximum Gasteiger partial charge on any atom is 0.165 e. The number of hydrogen-bond acceptors (Lipinski definition) is 9. The Balaban J connectivity index is 1.32. The Kier molecular flexibility index (Phi) is 7.60. The van der Waals surface area contributed by atoms with Crippen LogP contribution < -0.4 is 9.47 Å². The van der Waals surface area contributed by atoms with Crippen molar-refractivity contribution >= 4 is 12.2 Å². The van der Waals surface area contributed by atoms with Gasteiger partial charge in [0.25, 0.3) is 0 Å². The van der Waals surface area contributed by atoms with Gasteiger partial charge in [-0.1, -0.05) is 54.6 Å². The fourth-order valence-corrected chi connectivity index (χ4v) is 7.26. The first-order chi connectivity index (χ1) is 24.6. The predicted molar refractivity (Wildman–Crippen MR) is 190 cm³/mol. The lowest BCUT2D eigenvalue weighted by Gasteiger charge is -2.23. The summed E-state index contributed by atoms with van der Waals surface area (Å²) in [5, 5.41) is 73.7. The van der Waals surface area contributed by atoms with Crippen LogP contribution in [0.25, 0.3) is 12.2 Å². The van der Waals surface area contributed by atoms with Crippen LogP contribution in [0.4, 0.5) is 0 Å². The number of phenols is 7. The van der Waals surface area contributed by atoms with Crippen molar-refractivity contribution in [1.82, 2.24) is 0 Å². The molecule has 2 aliphatic heterocycles. The van der Waals surface area contributed by atoms with Gasteiger partial charge in [-0.05, 0) is 94.0 Å². The first kappa shape index (κ1) is 31.5. The summed E-state index contributed by atoms with van der Waals surface area (Å²) in [4.78, 5) is 0. The fourth-order valence-electron chi connectivity index (χ4n) is 7.26. The molecule has 0 unspecified atom stereocenters. The highest BCUT2D eigenvalue weighted by atomic mass is 16.5. The van der Waals surface area contributed by atoms with E-state index in [4.69, 9.17) is 9.47 Å². The molecule has 0 aliphatic carbocycles. The Bertz CT molecular complexity index is 2290. The molecular formula is C42H32O9. The van der Waals surface area contributed by atoms with Gasteiger partial charge in [0.1, 0.15) is 52.5 Å². The Morgan fingerprint density at radius 3 is 1.78 bits per heavy atom. The molecule has 0 bridgehead atoms. The molecule has 0 saturated heterocycles. The topological polar surface area (TPSA) is 160 Å². The summed E-state index contributed by atoms with van der Waals surface area (Å²) in [6.07, 6.45) is 2.32. The summed E-state index contributed by atoms with van der Waals surface area (Å²) in [6.45, 7) is 0. The quantitative estimate of drug-likeness (QED) is 0.0858. The Hall–Kier alpha value is -6.74. The smallest absolute Gasteiger partial charge is 0.165 e. The number of phenolic OH excluding ortho intramolecular Hbond substituents is 7. The van der Waals surface area contributed by atoms with Crippen molar-refractivity contribution in [1.29, 1.82) is 0 Å². The zero-order chi connectivity index (χ0) is 35.4. The summed E-state index contributed by atoms with van der Waals surface area (Å²) in [7, 11) is 0. The third-order valence-corrected chi connectivity index (χ3v) is 9.44. The molecule has 6 aromatic rings. The van der Waals surface area contributed by atoms with Crippen molar-refractivity contribution in [2.45, 2.75) is 24.0 Å². The van der Waals surface area contributed by atoms with Gasteiger partial charge in [0, 0.05) is 23.3 Å². The lowest BCUT2D eigenvalue weighted by molar-refractivity contribution is 0.214. The molecule has 8 rings (SSSR count). The Labute approximate surface area is 292 Å². The van der Waals surface area contributed by atoms with Crippen LogP contribution in [0.2, 0.25) is 0 Å². The zero-order valence-corrected chi connectivity index (χ0v) is 26.9. The van der Waals surface area contributed by atoms with Crippen molar-refractivity contribution < 1.29 is 45.2 Å². The maximum atomic E-state index is 11.7. The average Bonchev–Trinajstić information content (AvgIpc) is 3.67. The first-order valence-electron chi connectivity index (χ1n) is 16.3. The van der Waals surface area contributed by atoms with Gasteiger partial charge >= 0.3 is 0 Å². The monoisotopic (exact) mass is 680 g/mol. The van der Waals surface area contributed by atoms with E-state index < -0.39 is 24.0 Å². The van der Waals surface area contributed by atoms with Crippen LogP contribution in [0, 0.1) is 0 Å². The van der Waals surface area contributed by atoms with Crippen LogP contribution in [0.15, 0.2) is 115 Å². The number of hydrogen-bond donors (Lipinski definition) is 7. The number of benzene rings is 6. The summed E-state index contributed by atoms with van der Waals surface area (Å²) < 4.78 is 13.0. The highest BCUT2D eigenvalue weighted by molar-refractivity contribution is 5.76. The van der Waals surface area contributed by atoms with E-state index in [0.717, 1.165) is 11.1 Å². The fraction of sp³-hybridized carbons (Fsp3) is 0.0952. The molecule has 0 spiro atoms. The number of fused-ring (bicyclic) bond motifs is 2. The molecule has 2 aliphatic rings. The molecule has 254 valence electrons. The number of ether oxygens (including phenoxy) is 2. The zero-order valence-electron chi connectivity index (χ0n) is 26.9. The molecule has 0 radical (unpaired) electrons. The lowest BCUT2D eigenvalue weighted by atomic mass is 9.79. The van der Waals surface area contributed by atoms with Crippen molar-refractivity contribution in [3.8, 4) is 51.7 Å². The van der Waals surface area contributed by atoms with Gasteiger partial charge in [0.2, 0.25) is 0 Å². The van der Waals surface area contributed by atoms with E-state index in [9.17, 15) is 35.7 Å². The van der Waals surface area contributed by atoms with E-state index in [1.165, 1.54) is 6.07 Å². The van der Waals surface area contributed by atoms with Crippen molar-refractivity contribution in [2.75, 3.05) is 0 Å². The normalized spacial score (nSPS) is 19.0. The standard InChI is InChI=1S/C42H32O9/c43-28-10-5-22(6-11-28)4-7-24-14-33(48)21-36-38(24)39(41(50-36)25-2-1-3-30(45)15-25)27-18-34-37(26-16-31(46)20-32(47)17-26)40(51-42(34)35(49)19-27)23-8-12-29(44)13-9-23/h1-21,37,39-41,43-49H/b7-4+/t37-,39+,40+,41-/m1/s1. The van der Waals surface area contributed by atoms with E-state index in [2.05, 4.69) is 0 Å². The van der Waals surface area contributed by atoms with Crippen molar-refractivity contribution in [2.24, 2.45) is 0 Å². The summed E-state index contributed by atoms with van der Waals surface area (Å²) in [5.74, 6) is -0.696. The molecule has 7 N–H and O–H groups in total. The van der Waals surface area contributed by atoms with Gasteiger partial charge in [-0.2, -0.15) is 0 Å². The third-order valence-electron chi connectivity index (χ3n) is 9.44. The molecule has 0 saturated carbocycles. The minimum Gasteiger partial charge on any atom is -0.508 e. The van der Waals surface area contributed by atoms with E-state index >= 15 is 0 Å². The van der Waals surface area contributed by atoms with Crippen molar-refractivity contribution in [3.05, 3.63) is 160 Å². The predicted octanol–water partition coefficient (Wildman–Crippen LogP) is 8.33. The van der Waals surface area contributed by atoms with Gasteiger partial charge in [-0.25, -0.2) is 0 Å². The summed E-state index contributed by atoms with van der Waals surface area (Å²) in [6, 6.07) is 31.0. The van der Waals surface area contributed by atoms with Crippen LogP contribution in [0.3, 0.4) is 0 Å². The molecule has 9 nitrogen and oxygen atoms in total. The molecule has 9 heteroatoms. The summed E-state index contributed by atoms with van der Waals surface area (Å²) >= 11 is 0. The van der Waals surface area contributed by atoms with E-state index in [1.54, 1.807) is 97.1 Å². The second kappa shape index (κ2) is 12.3. The van der Waals surface area contributed by atoms with Crippen LogP contribution in [-0.2, 0) is 0 Å². The van der Waals surface area contributed by atoms with Crippen LogP contribution >= 0.6 is 0 Å². The second-order valence-corrected chi connectivity index (χ2v) is 12.8. The highest BCUT2D eigenvalue weighted by Gasteiger charge is 2.43. The number of rotatable bonds is 6. The SMILES string of the molecule is Oc1ccc(/C=C/c2cc(O)cc3c2[C@H](c2cc(O)c4c(c2)[C@@H](c2cc(O)cc(O)c2)[C@H](c2ccc(O)cc2)O4)[C@@H](c2cccc(O)c2)O3)cc1. The molecule has 6 aromatic carbocycles. The molecule has 2 heterocycles. The van der Waals surface area contributed by atoms with Crippen LogP contribution in [0.1, 0.15) is 68.6 Å². The molecule has 51 heavy (non-hydrogen) atoms. The van der Waals surface area contributed by atoms with Gasteiger partial charge in [0.05, 0.1) is 11.8 Å². The second-order valence-electron chi connectivity index (χ2n) is 12.8. The number of aromatic hydroxyl groups is 7. The van der Waals surface area contributed by atoms with Gasteiger partial charge in [-0.15, -0.1) is 0 Å². The van der Waals surface area contributed by atoms with Gasteiger partial charge in [-0.3, -0.25) is 0 Å². The van der Waals surface area contributed by atoms with E-state index in [1.807, 2.05) is 24.3 Å². The molecular weight excluding hydrogens is 648 g/mol. The highest BCUT2D eigenvalue weighted by Crippen LogP contribution is 2.58. The van der Waals surface area contributed by atoms with Crippen molar-refractivity contribution in [3.63, 3.8) is 0 Å². The van der Waals surface area contributed by atoms with Crippen LogP contribution in [0.5, 0.6) is 51.7 Å². The van der Waals surface area contributed by atoms with E-state index in [-0.39, 0.29) is 46.0 Å². The van der Waals surface area contributed by atoms with Gasteiger partial charge in [0.15, 0.2) is 11.5 Å². The van der Waals surface area contributed by atoms with Crippen LogP contribution in [-0.4, -0.2) is 35.7 Å². The lowest BCUT2D eigenvalue weighted by Crippen LogP contribution is -2.13. The molecule has 0 amide bonds. The Morgan fingerprint density at radius 1 is 0.451 bits per heavy atom. The average molecular weight is 681 g/mol. The van der Waals surface area contributed by atoms with E-state index in [0.29, 0.717) is 39.1 Å². The molecule has 0 aromatic heterocycles. The summed E-state index contributed by atoms with van der Waals surface area (Å²) in [5.41, 5.74) is 5.34. The molecule has 4 atom stereocenters. The first-order valence-corrected chi connectivity index (χ1v) is 16.3. The minimum atomic E-state index is -0.697. The third kappa shape index (κ3) is 5.84. The molecule has 0 fully saturated rings. The minimum absolute atomic E-state index is 0.0138. The largest absolute Gasteiger partial charge is 0.508 e. The Morgan fingerprint density at radius 2 is 1.08 bits per heavy atom. The maximum absolute atomic E-state index is 11.7. The van der Waals surface area contributed by atoms with Gasteiger partial charge < -0.3 is 45.2 Å².